The first-order valence-electron chi connectivity index (χ1n) is 5.56. The van der Waals surface area contributed by atoms with Gasteiger partial charge >= 0.3 is 12.1 Å². The van der Waals surface area contributed by atoms with E-state index in [1.807, 2.05) is 0 Å². The van der Waals surface area contributed by atoms with Gasteiger partial charge in [0.1, 0.15) is 6.04 Å². The lowest BCUT2D eigenvalue weighted by Crippen LogP contribution is -2.53. The zero-order chi connectivity index (χ0) is 14.2. The van der Waals surface area contributed by atoms with Gasteiger partial charge < -0.3 is 9.64 Å². The molecule has 0 amide bonds. The molecule has 1 aliphatic heterocycles. The molecule has 19 heavy (non-hydrogen) atoms. The number of nitrogens with zero attached hydrogens (tertiary/aromatic N) is 1. The second-order valence-electron chi connectivity index (χ2n) is 4.15. The van der Waals surface area contributed by atoms with Crippen LogP contribution in [-0.4, -0.2) is 25.7 Å². The van der Waals surface area contributed by atoms with Crippen molar-refractivity contribution in [2.24, 2.45) is 0 Å². The van der Waals surface area contributed by atoms with Gasteiger partial charge in [-0.15, -0.1) is 0 Å². The summed E-state index contributed by atoms with van der Waals surface area (Å²) in [4.78, 5) is 12.8. The predicted molar refractivity (Wildman–Crippen MR) is 64.2 cm³/mol. The van der Waals surface area contributed by atoms with Gasteiger partial charge in [0.05, 0.1) is 23.4 Å². The average Bonchev–Trinajstić information content (AvgIpc) is 2.28. The summed E-state index contributed by atoms with van der Waals surface area (Å²) < 4.78 is 43.4. The quantitative estimate of drug-likeness (QED) is 0.785. The maximum atomic E-state index is 13.0. The van der Waals surface area contributed by atoms with Crippen molar-refractivity contribution in [2.45, 2.75) is 18.6 Å². The lowest BCUT2D eigenvalue weighted by Gasteiger charge is -2.42. The van der Waals surface area contributed by atoms with E-state index in [-0.39, 0.29) is 10.7 Å². The number of hydrogen-bond donors (Lipinski definition) is 0. The largest absolute Gasteiger partial charge is 0.467 e. The predicted octanol–water partition coefficient (Wildman–Crippen LogP) is 3.11. The van der Waals surface area contributed by atoms with Crippen molar-refractivity contribution in [3.05, 3.63) is 28.8 Å². The van der Waals surface area contributed by atoms with Crippen molar-refractivity contribution >= 4 is 23.3 Å². The van der Waals surface area contributed by atoms with Crippen molar-refractivity contribution in [1.82, 2.24) is 0 Å². The lowest BCUT2D eigenvalue weighted by molar-refractivity contribution is -0.144. The van der Waals surface area contributed by atoms with E-state index in [0.29, 0.717) is 13.0 Å². The molecule has 1 aromatic rings. The molecule has 0 spiro atoms. The Hall–Kier alpha value is -1.43. The van der Waals surface area contributed by atoms with E-state index < -0.39 is 23.8 Å². The van der Waals surface area contributed by atoms with E-state index in [1.54, 1.807) is 0 Å². The summed E-state index contributed by atoms with van der Waals surface area (Å²) >= 11 is 5.86. The van der Waals surface area contributed by atoms with Gasteiger partial charge in [0.25, 0.3) is 0 Å². The molecule has 0 saturated carbocycles. The fraction of sp³-hybridized carbons (Fsp3) is 0.417. The van der Waals surface area contributed by atoms with Crippen LogP contribution in [0.25, 0.3) is 0 Å². The Balaban J connectivity index is 2.42. The molecule has 0 N–H and O–H groups in total. The molecule has 1 atom stereocenters. The molecule has 1 heterocycles. The molecule has 1 aliphatic rings. The minimum atomic E-state index is -4.52. The highest BCUT2D eigenvalue weighted by Crippen LogP contribution is 2.43. The first-order valence-corrected chi connectivity index (χ1v) is 5.94. The molecule has 1 unspecified atom stereocenters. The molecule has 0 bridgehead atoms. The van der Waals surface area contributed by atoms with Crippen LogP contribution in [0.4, 0.5) is 18.9 Å². The molecular formula is C12H11ClF3NO2. The molecular weight excluding hydrogens is 283 g/mol. The summed E-state index contributed by atoms with van der Waals surface area (Å²) in [5.41, 5.74) is -0.994. The highest BCUT2D eigenvalue weighted by atomic mass is 35.5. The van der Waals surface area contributed by atoms with Gasteiger partial charge in [0.15, 0.2) is 0 Å². The van der Waals surface area contributed by atoms with Gasteiger partial charge in [-0.1, -0.05) is 17.7 Å². The SMILES string of the molecule is COC(=O)C1CCN1c1c(Cl)cccc1C(F)(F)F. The number of anilines is 1. The Kier molecular flexibility index (Phi) is 3.62. The van der Waals surface area contributed by atoms with E-state index in [9.17, 15) is 18.0 Å². The smallest absolute Gasteiger partial charge is 0.418 e. The first-order chi connectivity index (χ1) is 8.86. The van der Waals surface area contributed by atoms with Gasteiger partial charge in [-0.3, -0.25) is 0 Å². The summed E-state index contributed by atoms with van der Waals surface area (Å²) in [6.07, 6.45) is -4.06. The number of esters is 1. The van der Waals surface area contributed by atoms with Gasteiger partial charge in [-0.2, -0.15) is 13.2 Å². The Morgan fingerprint density at radius 2 is 2.16 bits per heavy atom. The summed E-state index contributed by atoms with van der Waals surface area (Å²) in [5.74, 6) is -0.556. The van der Waals surface area contributed by atoms with Crippen molar-refractivity contribution < 1.29 is 22.7 Å². The van der Waals surface area contributed by atoms with Crippen LogP contribution in [0.3, 0.4) is 0 Å². The van der Waals surface area contributed by atoms with Crippen LogP contribution in [0.1, 0.15) is 12.0 Å². The van der Waals surface area contributed by atoms with Gasteiger partial charge in [-0.05, 0) is 18.6 Å². The molecule has 7 heteroatoms. The van der Waals surface area contributed by atoms with Crippen molar-refractivity contribution in [3.63, 3.8) is 0 Å². The summed E-state index contributed by atoms with van der Waals surface area (Å²) in [6.45, 7) is 0.340. The lowest BCUT2D eigenvalue weighted by atomic mass is 9.99. The van der Waals surface area contributed by atoms with Crippen LogP contribution < -0.4 is 4.90 Å². The minimum absolute atomic E-state index is 0.0246. The molecule has 0 aliphatic carbocycles. The van der Waals surface area contributed by atoms with Crippen molar-refractivity contribution in [3.8, 4) is 0 Å². The van der Waals surface area contributed by atoms with E-state index in [0.717, 1.165) is 6.07 Å². The third-order valence-corrected chi connectivity index (χ3v) is 3.38. The number of para-hydroxylation sites is 1. The van der Waals surface area contributed by atoms with Crippen LogP contribution in [0.15, 0.2) is 18.2 Å². The second-order valence-corrected chi connectivity index (χ2v) is 4.56. The van der Waals surface area contributed by atoms with Crippen LogP contribution >= 0.6 is 11.6 Å². The fourth-order valence-corrected chi connectivity index (χ4v) is 2.36. The van der Waals surface area contributed by atoms with E-state index in [2.05, 4.69) is 4.74 Å². The van der Waals surface area contributed by atoms with Crippen LogP contribution in [0, 0.1) is 0 Å². The molecule has 3 nitrogen and oxygen atoms in total. The number of methoxy groups -OCH3 is 1. The average molecular weight is 294 g/mol. The molecule has 1 saturated heterocycles. The Bertz CT molecular complexity index is 504. The molecule has 0 radical (unpaired) electrons. The number of carbonyl (C=O) groups excluding carboxylic acids is 1. The topological polar surface area (TPSA) is 29.5 Å². The van der Waals surface area contributed by atoms with Crippen LogP contribution in [-0.2, 0) is 15.7 Å². The zero-order valence-corrected chi connectivity index (χ0v) is 10.8. The second kappa shape index (κ2) is 4.92. The fourth-order valence-electron chi connectivity index (χ4n) is 2.07. The molecule has 0 aromatic heterocycles. The molecule has 1 aromatic carbocycles. The standard InChI is InChI=1S/C12H11ClF3NO2/c1-19-11(18)9-5-6-17(9)10-7(12(14,15)16)3-2-4-8(10)13/h2-4,9H,5-6H2,1H3. The highest BCUT2D eigenvalue weighted by Gasteiger charge is 2.42. The minimum Gasteiger partial charge on any atom is -0.467 e. The molecule has 2 rings (SSSR count). The zero-order valence-electron chi connectivity index (χ0n) is 10.00. The maximum Gasteiger partial charge on any atom is 0.418 e. The van der Waals surface area contributed by atoms with Gasteiger partial charge in [-0.25, -0.2) is 4.79 Å². The summed E-state index contributed by atoms with van der Waals surface area (Å²) in [6, 6.07) is 2.86. The number of halogens is 4. The third-order valence-electron chi connectivity index (χ3n) is 3.07. The first kappa shape index (κ1) is 14.0. The number of alkyl halides is 3. The number of benzene rings is 1. The number of ether oxygens (including phenoxy) is 1. The van der Waals surface area contributed by atoms with Crippen molar-refractivity contribution in [1.29, 1.82) is 0 Å². The van der Waals surface area contributed by atoms with E-state index in [4.69, 9.17) is 11.6 Å². The maximum absolute atomic E-state index is 13.0. The Labute approximate surface area is 112 Å². The number of carbonyl (C=O) groups is 1. The third kappa shape index (κ3) is 2.49. The Morgan fingerprint density at radius 1 is 1.47 bits per heavy atom. The molecule has 104 valence electrons. The monoisotopic (exact) mass is 293 g/mol. The van der Waals surface area contributed by atoms with Gasteiger partial charge in [0.2, 0.25) is 0 Å². The normalized spacial score (nSPS) is 19.0. The van der Waals surface area contributed by atoms with E-state index >= 15 is 0 Å². The molecule has 1 fully saturated rings. The van der Waals surface area contributed by atoms with Crippen molar-refractivity contribution in [2.75, 3.05) is 18.6 Å². The van der Waals surface area contributed by atoms with Crippen LogP contribution in [0.2, 0.25) is 5.02 Å². The van der Waals surface area contributed by atoms with Crippen LogP contribution in [0.5, 0.6) is 0 Å². The van der Waals surface area contributed by atoms with Gasteiger partial charge in [0, 0.05) is 6.54 Å². The number of hydrogen-bond acceptors (Lipinski definition) is 3. The Morgan fingerprint density at radius 3 is 2.63 bits per heavy atom. The van der Waals surface area contributed by atoms with E-state index in [1.165, 1.54) is 24.1 Å². The highest BCUT2D eigenvalue weighted by molar-refractivity contribution is 6.33. The summed E-state index contributed by atoms with van der Waals surface area (Å²) in [5, 5.41) is -0.0246. The summed E-state index contributed by atoms with van der Waals surface area (Å²) in [7, 11) is 1.20. The number of rotatable bonds is 2.